The highest BCUT2D eigenvalue weighted by molar-refractivity contribution is 5.70. The third-order valence-corrected chi connectivity index (χ3v) is 4.33. The Kier molecular flexibility index (Phi) is 2.54. The fourth-order valence-electron chi connectivity index (χ4n) is 3.43. The Balaban J connectivity index is 1.89. The molecule has 0 N–H and O–H groups in total. The van der Waals surface area contributed by atoms with Crippen molar-refractivity contribution in [2.24, 2.45) is 17.3 Å². The molecule has 2 nitrogen and oxygen atoms in total. The molecule has 80 valence electrons. The number of carbonyl (C=O) groups is 1. The number of hydrogen-bond acceptors (Lipinski definition) is 2. The maximum atomic E-state index is 11.4. The average Bonchev–Trinajstić information content (AvgIpc) is 2.80. The second-order valence-corrected chi connectivity index (χ2v) is 4.77. The molecule has 0 saturated heterocycles. The minimum Gasteiger partial charge on any atom is -0.466 e. The van der Waals surface area contributed by atoms with Crippen molar-refractivity contribution < 1.29 is 9.53 Å². The Hall–Kier alpha value is -0.530. The predicted molar refractivity (Wildman–Crippen MR) is 54.8 cm³/mol. The zero-order valence-corrected chi connectivity index (χ0v) is 9.21. The van der Waals surface area contributed by atoms with Crippen molar-refractivity contribution in [3.05, 3.63) is 0 Å². The van der Waals surface area contributed by atoms with Crippen molar-refractivity contribution in [3.63, 3.8) is 0 Å². The highest BCUT2D eigenvalue weighted by Gasteiger charge is 2.61. The van der Waals surface area contributed by atoms with Gasteiger partial charge in [-0.15, -0.1) is 0 Å². The highest BCUT2D eigenvalue weighted by Crippen LogP contribution is 2.69. The molecule has 0 aromatic rings. The molecule has 0 spiro atoms. The lowest BCUT2D eigenvalue weighted by Gasteiger charge is -2.20. The first-order valence-corrected chi connectivity index (χ1v) is 5.88. The third kappa shape index (κ3) is 1.45. The Morgan fingerprint density at radius 2 is 2.21 bits per heavy atom. The van der Waals surface area contributed by atoms with Crippen LogP contribution in [0.2, 0.25) is 0 Å². The molecule has 0 aromatic heterocycles. The minimum atomic E-state index is 0.0119. The van der Waals surface area contributed by atoms with Gasteiger partial charge in [0.1, 0.15) is 0 Å². The van der Waals surface area contributed by atoms with Gasteiger partial charge in [0.25, 0.3) is 0 Å². The Bertz CT molecular complexity index is 232. The van der Waals surface area contributed by atoms with Gasteiger partial charge >= 0.3 is 5.97 Å². The van der Waals surface area contributed by atoms with Crippen LogP contribution in [0.4, 0.5) is 0 Å². The van der Waals surface area contributed by atoms with E-state index in [1.807, 2.05) is 6.92 Å². The van der Waals surface area contributed by atoms with E-state index in [9.17, 15) is 4.79 Å². The molecule has 2 aliphatic carbocycles. The summed E-state index contributed by atoms with van der Waals surface area (Å²) in [5, 5.41) is 0. The summed E-state index contributed by atoms with van der Waals surface area (Å²) in [5.74, 6) is 1.57. The number of hydrogen-bond donors (Lipinski definition) is 0. The van der Waals surface area contributed by atoms with E-state index < -0.39 is 0 Å². The quantitative estimate of drug-likeness (QED) is 0.646. The monoisotopic (exact) mass is 196 g/mol. The fourth-order valence-corrected chi connectivity index (χ4v) is 3.43. The average molecular weight is 196 g/mol. The third-order valence-electron chi connectivity index (χ3n) is 4.33. The van der Waals surface area contributed by atoms with Crippen LogP contribution in [0.15, 0.2) is 0 Å². The van der Waals surface area contributed by atoms with Crippen LogP contribution < -0.4 is 0 Å². The van der Waals surface area contributed by atoms with E-state index in [0.717, 1.165) is 5.92 Å². The molecule has 3 atom stereocenters. The summed E-state index contributed by atoms with van der Waals surface area (Å²) in [4.78, 5) is 11.4. The van der Waals surface area contributed by atoms with Gasteiger partial charge in [-0.25, -0.2) is 0 Å². The Morgan fingerprint density at radius 3 is 2.79 bits per heavy atom. The highest BCUT2D eigenvalue weighted by atomic mass is 16.5. The molecule has 0 radical (unpaired) electrons. The van der Waals surface area contributed by atoms with E-state index in [1.54, 1.807) is 0 Å². The molecule has 0 heterocycles. The van der Waals surface area contributed by atoms with Crippen LogP contribution >= 0.6 is 0 Å². The van der Waals surface area contributed by atoms with Crippen LogP contribution in [-0.4, -0.2) is 12.6 Å². The first-order valence-electron chi connectivity index (χ1n) is 5.88. The van der Waals surface area contributed by atoms with E-state index in [0.29, 0.717) is 24.4 Å². The first-order chi connectivity index (χ1) is 6.73. The van der Waals surface area contributed by atoms with Crippen molar-refractivity contribution in [2.75, 3.05) is 6.61 Å². The predicted octanol–water partition coefficient (Wildman–Crippen LogP) is 2.77. The molecular weight excluding hydrogens is 176 g/mol. The summed E-state index contributed by atoms with van der Waals surface area (Å²) in [5.41, 5.74) is 0.548. The lowest BCUT2D eigenvalue weighted by atomic mass is 9.85. The number of carbonyl (C=O) groups excluding carboxylic acids is 1. The Labute approximate surface area is 86.0 Å². The standard InChI is InChI=1S/C12H20O2/c1-3-12-8-10(12)6-5-9(12)7-11(13)14-4-2/h9-10H,3-8H2,1-2H3. The lowest BCUT2D eigenvalue weighted by Crippen LogP contribution is -2.18. The van der Waals surface area contributed by atoms with Crippen molar-refractivity contribution >= 4 is 5.97 Å². The summed E-state index contributed by atoms with van der Waals surface area (Å²) < 4.78 is 5.02. The van der Waals surface area contributed by atoms with Gasteiger partial charge in [-0.1, -0.05) is 6.92 Å². The topological polar surface area (TPSA) is 26.3 Å². The second-order valence-electron chi connectivity index (χ2n) is 4.77. The molecule has 3 unspecified atom stereocenters. The van der Waals surface area contributed by atoms with Gasteiger partial charge in [0.15, 0.2) is 0 Å². The molecule has 0 bridgehead atoms. The van der Waals surface area contributed by atoms with Gasteiger partial charge < -0.3 is 4.74 Å². The molecule has 2 saturated carbocycles. The number of fused-ring (bicyclic) bond motifs is 1. The number of ether oxygens (including phenoxy) is 1. The molecule has 0 amide bonds. The molecule has 2 heteroatoms. The van der Waals surface area contributed by atoms with Crippen molar-refractivity contribution in [3.8, 4) is 0 Å². The summed E-state index contributed by atoms with van der Waals surface area (Å²) in [6.45, 7) is 4.67. The van der Waals surface area contributed by atoms with Gasteiger partial charge in [0.05, 0.1) is 6.61 Å². The van der Waals surface area contributed by atoms with E-state index in [1.165, 1.54) is 25.7 Å². The smallest absolute Gasteiger partial charge is 0.306 e. The largest absolute Gasteiger partial charge is 0.466 e. The van der Waals surface area contributed by atoms with E-state index in [4.69, 9.17) is 4.74 Å². The summed E-state index contributed by atoms with van der Waals surface area (Å²) >= 11 is 0. The van der Waals surface area contributed by atoms with Gasteiger partial charge in [-0.05, 0) is 49.9 Å². The van der Waals surface area contributed by atoms with Crippen LogP contribution in [0.5, 0.6) is 0 Å². The summed E-state index contributed by atoms with van der Waals surface area (Å²) in [7, 11) is 0. The van der Waals surface area contributed by atoms with Crippen LogP contribution in [0.25, 0.3) is 0 Å². The van der Waals surface area contributed by atoms with Crippen LogP contribution in [0.3, 0.4) is 0 Å². The summed E-state index contributed by atoms with van der Waals surface area (Å²) in [6.07, 6.45) is 5.88. The minimum absolute atomic E-state index is 0.0119. The normalized spacial score (nSPS) is 39.3. The lowest BCUT2D eigenvalue weighted by molar-refractivity contribution is -0.144. The zero-order chi connectivity index (χ0) is 10.2. The first kappa shape index (κ1) is 10.0. The van der Waals surface area contributed by atoms with Crippen LogP contribution in [0, 0.1) is 17.3 Å². The van der Waals surface area contributed by atoms with E-state index >= 15 is 0 Å². The summed E-state index contributed by atoms with van der Waals surface area (Å²) in [6, 6.07) is 0. The molecule has 14 heavy (non-hydrogen) atoms. The SMILES string of the molecule is CCOC(=O)CC1CCC2CC12CC. The van der Waals surface area contributed by atoms with Gasteiger partial charge in [0.2, 0.25) is 0 Å². The maximum Gasteiger partial charge on any atom is 0.306 e. The molecule has 2 rings (SSSR count). The molecule has 2 aliphatic rings. The van der Waals surface area contributed by atoms with Crippen molar-refractivity contribution in [1.82, 2.24) is 0 Å². The van der Waals surface area contributed by atoms with Crippen molar-refractivity contribution in [1.29, 1.82) is 0 Å². The number of rotatable bonds is 4. The molecule has 0 aliphatic heterocycles. The van der Waals surface area contributed by atoms with Gasteiger partial charge in [-0.3, -0.25) is 4.79 Å². The van der Waals surface area contributed by atoms with E-state index in [-0.39, 0.29) is 5.97 Å². The van der Waals surface area contributed by atoms with Crippen LogP contribution in [0.1, 0.15) is 46.0 Å². The van der Waals surface area contributed by atoms with Gasteiger partial charge in [0, 0.05) is 6.42 Å². The molecular formula is C12H20O2. The molecule has 0 aromatic carbocycles. The van der Waals surface area contributed by atoms with Crippen LogP contribution in [-0.2, 0) is 9.53 Å². The van der Waals surface area contributed by atoms with Crippen molar-refractivity contribution in [2.45, 2.75) is 46.0 Å². The zero-order valence-electron chi connectivity index (χ0n) is 9.21. The van der Waals surface area contributed by atoms with Gasteiger partial charge in [-0.2, -0.15) is 0 Å². The fraction of sp³-hybridized carbons (Fsp3) is 0.917. The molecule has 2 fully saturated rings. The second kappa shape index (κ2) is 3.56. The van der Waals surface area contributed by atoms with E-state index in [2.05, 4.69) is 6.92 Å². The maximum absolute atomic E-state index is 11.4. The number of esters is 1. The Morgan fingerprint density at radius 1 is 1.43 bits per heavy atom.